The third kappa shape index (κ3) is 4.49. The Labute approximate surface area is 175 Å². The van der Waals surface area contributed by atoms with E-state index in [1.54, 1.807) is 24.4 Å². The molecule has 5 nitrogen and oxygen atoms in total. The fourth-order valence-corrected chi connectivity index (χ4v) is 3.83. The third-order valence-corrected chi connectivity index (χ3v) is 5.05. The van der Waals surface area contributed by atoms with Crippen LogP contribution in [0.3, 0.4) is 0 Å². The number of fused-ring (bicyclic) bond motifs is 1. The highest BCUT2D eigenvalue weighted by molar-refractivity contribution is 6.03. The predicted molar refractivity (Wildman–Crippen MR) is 118 cm³/mol. The second kappa shape index (κ2) is 8.63. The average molecular weight is 405 g/mol. The van der Waals surface area contributed by atoms with E-state index in [0.717, 1.165) is 16.5 Å². The van der Waals surface area contributed by atoms with Crippen molar-refractivity contribution in [2.24, 2.45) is 0 Å². The molecule has 1 amide bonds. The fraction of sp³-hybridized carbons (Fsp3) is 0.250. The van der Waals surface area contributed by atoms with Crippen LogP contribution in [0.5, 0.6) is 0 Å². The van der Waals surface area contributed by atoms with Gasteiger partial charge in [0.2, 0.25) is 5.91 Å². The Bertz CT molecular complexity index is 1080. The molecule has 6 heteroatoms. The number of halogens is 1. The summed E-state index contributed by atoms with van der Waals surface area (Å²) in [6, 6.07) is 14.4. The van der Waals surface area contributed by atoms with E-state index in [1.165, 1.54) is 12.1 Å². The van der Waals surface area contributed by atoms with E-state index < -0.39 is 0 Å². The summed E-state index contributed by atoms with van der Waals surface area (Å²) in [6.45, 7) is 5.23. The molecule has 0 aliphatic carbocycles. The highest BCUT2D eigenvalue weighted by Gasteiger charge is 2.24. The molecule has 1 aliphatic rings. The lowest BCUT2D eigenvalue weighted by molar-refractivity contribution is -0.111. The van der Waals surface area contributed by atoms with Crippen LogP contribution in [0.1, 0.15) is 19.4 Å². The van der Waals surface area contributed by atoms with Crippen LogP contribution in [-0.4, -0.2) is 36.2 Å². The summed E-state index contributed by atoms with van der Waals surface area (Å²) < 4.78 is 20.4. The zero-order valence-electron chi connectivity index (χ0n) is 17.0. The number of carbonyl (C=O) groups is 1. The molecule has 2 atom stereocenters. The van der Waals surface area contributed by atoms with E-state index in [4.69, 9.17) is 4.74 Å². The molecule has 2 unspecified atom stereocenters. The van der Waals surface area contributed by atoms with Crippen LogP contribution in [0.15, 0.2) is 60.8 Å². The zero-order chi connectivity index (χ0) is 21.1. The number of benzene rings is 2. The van der Waals surface area contributed by atoms with Crippen LogP contribution in [0.2, 0.25) is 0 Å². The first kappa shape index (κ1) is 20.0. The van der Waals surface area contributed by atoms with E-state index >= 15 is 0 Å². The van der Waals surface area contributed by atoms with Gasteiger partial charge in [0.05, 0.1) is 23.4 Å². The highest BCUT2D eigenvalue weighted by atomic mass is 19.1. The largest absolute Gasteiger partial charge is 0.372 e. The zero-order valence-corrected chi connectivity index (χ0v) is 17.0. The Morgan fingerprint density at radius 3 is 2.70 bits per heavy atom. The second-order valence-electron chi connectivity index (χ2n) is 7.57. The van der Waals surface area contributed by atoms with Gasteiger partial charge in [-0.05, 0) is 44.2 Å². The summed E-state index contributed by atoms with van der Waals surface area (Å²) in [4.78, 5) is 18.7. The summed E-state index contributed by atoms with van der Waals surface area (Å²) in [6.07, 6.45) is 4.95. The molecule has 30 heavy (non-hydrogen) atoms. The molecule has 1 aromatic heterocycles. The number of aromatic nitrogens is 1. The number of morpholine rings is 1. The molecule has 3 aromatic rings. The van der Waals surface area contributed by atoms with Gasteiger partial charge < -0.3 is 15.0 Å². The molecule has 2 heterocycles. The second-order valence-corrected chi connectivity index (χ2v) is 7.57. The predicted octanol–water partition coefficient (Wildman–Crippen LogP) is 4.64. The van der Waals surface area contributed by atoms with Crippen molar-refractivity contribution in [2.75, 3.05) is 23.3 Å². The van der Waals surface area contributed by atoms with Gasteiger partial charge in [-0.15, -0.1) is 0 Å². The molecule has 4 rings (SSSR count). The van der Waals surface area contributed by atoms with Gasteiger partial charge in [0, 0.05) is 42.0 Å². The first-order chi connectivity index (χ1) is 14.5. The molecule has 1 N–H and O–H groups in total. The molecule has 0 bridgehead atoms. The van der Waals surface area contributed by atoms with Crippen molar-refractivity contribution in [3.8, 4) is 0 Å². The number of anilines is 2. The monoisotopic (exact) mass is 405 g/mol. The first-order valence-corrected chi connectivity index (χ1v) is 10.0. The maximum Gasteiger partial charge on any atom is 0.248 e. The number of amides is 1. The van der Waals surface area contributed by atoms with Gasteiger partial charge in [-0.1, -0.05) is 24.3 Å². The van der Waals surface area contributed by atoms with Gasteiger partial charge in [-0.2, -0.15) is 0 Å². The minimum absolute atomic E-state index is 0.0428. The van der Waals surface area contributed by atoms with Crippen molar-refractivity contribution in [2.45, 2.75) is 26.1 Å². The summed E-state index contributed by atoms with van der Waals surface area (Å²) in [5.41, 5.74) is 2.61. The van der Waals surface area contributed by atoms with Gasteiger partial charge in [-0.25, -0.2) is 4.39 Å². The summed E-state index contributed by atoms with van der Waals surface area (Å²) >= 11 is 0. The van der Waals surface area contributed by atoms with Gasteiger partial charge in [0.25, 0.3) is 0 Å². The summed E-state index contributed by atoms with van der Waals surface area (Å²) in [7, 11) is 0. The van der Waals surface area contributed by atoms with Crippen LogP contribution < -0.4 is 10.2 Å². The van der Waals surface area contributed by atoms with Gasteiger partial charge in [0.15, 0.2) is 0 Å². The van der Waals surface area contributed by atoms with Crippen molar-refractivity contribution >= 4 is 34.3 Å². The fourth-order valence-electron chi connectivity index (χ4n) is 3.83. The summed E-state index contributed by atoms with van der Waals surface area (Å²) in [5.74, 6) is -0.694. The number of para-hydroxylation sites is 1. The van der Waals surface area contributed by atoms with E-state index in [2.05, 4.69) is 10.3 Å². The quantitative estimate of drug-likeness (QED) is 0.643. The average Bonchev–Trinajstić information content (AvgIpc) is 2.71. The van der Waals surface area contributed by atoms with E-state index in [-0.39, 0.29) is 23.9 Å². The minimum Gasteiger partial charge on any atom is -0.372 e. The van der Waals surface area contributed by atoms with Crippen molar-refractivity contribution in [3.63, 3.8) is 0 Å². The number of hydrogen-bond acceptors (Lipinski definition) is 4. The van der Waals surface area contributed by atoms with Crippen molar-refractivity contribution < 1.29 is 13.9 Å². The Morgan fingerprint density at radius 1 is 1.17 bits per heavy atom. The lowest BCUT2D eigenvalue weighted by Crippen LogP contribution is -2.45. The standard InChI is InChI=1S/C24H24FN3O2/c1-16-14-28(15-17(2)30-16)22-10-9-20(13-21(22)25)27-23(29)11-8-19-6-3-5-18-7-4-12-26-24(18)19/h3-13,16-17H,14-15H2,1-2H3,(H,27,29). The Hall–Kier alpha value is -3.25. The van der Waals surface area contributed by atoms with Crippen LogP contribution >= 0.6 is 0 Å². The van der Waals surface area contributed by atoms with Gasteiger partial charge >= 0.3 is 0 Å². The van der Waals surface area contributed by atoms with E-state index in [9.17, 15) is 9.18 Å². The van der Waals surface area contributed by atoms with Crippen LogP contribution in [0.25, 0.3) is 17.0 Å². The third-order valence-electron chi connectivity index (χ3n) is 5.05. The minimum atomic E-state index is -0.365. The Balaban J connectivity index is 1.46. The van der Waals surface area contributed by atoms with Gasteiger partial charge in [-0.3, -0.25) is 9.78 Å². The molecule has 0 radical (unpaired) electrons. The SMILES string of the molecule is CC1CN(c2ccc(NC(=O)C=Cc3cccc4cccnc34)cc2F)CC(C)O1. The lowest BCUT2D eigenvalue weighted by atomic mass is 10.1. The van der Waals surface area contributed by atoms with E-state index in [0.29, 0.717) is 24.5 Å². The first-order valence-electron chi connectivity index (χ1n) is 10.0. The van der Waals surface area contributed by atoms with Gasteiger partial charge in [0.1, 0.15) is 5.82 Å². The number of rotatable bonds is 4. The Kier molecular flexibility index (Phi) is 5.77. The number of nitrogens with one attached hydrogen (secondary N) is 1. The number of carbonyl (C=O) groups excluding carboxylic acids is 1. The number of hydrogen-bond donors (Lipinski definition) is 1. The van der Waals surface area contributed by atoms with Crippen molar-refractivity contribution in [3.05, 3.63) is 72.2 Å². The van der Waals surface area contributed by atoms with Crippen LogP contribution in [0.4, 0.5) is 15.8 Å². The van der Waals surface area contributed by atoms with Crippen LogP contribution in [-0.2, 0) is 9.53 Å². The summed E-state index contributed by atoms with van der Waals surface area (Å²) in [5, 5.41) is 3.72. The van der Waals surface area contributed by atoms with E-state index in [1.807, 2.05) is 49.1 Å². The molecule has 1 fully saturated rings. The topological polar surface area (TPSA) is 54.5 Å². The smallest absolute Gasteiger partial charge is 0.248 e. The lowest BCUT2D eigenvalue weighted by Gasteiger charge is -2.37. The molecule has 154 valence electrons. The molecule has 0 spiro atoms. The highest BCUT2D eigenvalue weighted by Crippen LogP contribution is 2.26. The molecule has 2 aromatic carbocycles. The molecular formula is C24H24FN3O2. The normalized spacial score (nSPS) is 19.4. The Morgan fingerprint density at radius 2 is 1.93 bits per heavy atom. The molecular weight excluding hydrogens is 381 g/mol. The molecule has 1 aliphatic heterocycles. The van der Waals surface area contributed by atoms with Crippen LogP contribution in [0, 0.1) is 5.82 Å². The maximum atomic E-state index is 14.7. The number of nitrogens with zero attached hydrogens (tertiary/aromatic N) is 2. The maximum absolute atomic E-state index is 14.7. The van der Waals surface area contributed by atoms with Crippen molar-refractivity contribution in [1.82, 2.24) is 4.98 Å². The number of pyridine rings is 1. The van der Waals surface area contributed by atoms with Crippen molar-refractivity contribution in [1.29, 1.82) is 0 Å². The number of ether oxygens (including phenoxy) is 1. The molecule has 1 saturated heterocycles. The molecule has 0 saturated carbocycles.